The Kier molecular flexibility index (Phi) is 7.71. The Hall–Kier alpha value is -1.78. The molecule has 4 nitrogen and oxygen atoms in total. The van der Waals surface area contributed by atoms with Crippen LogP contribution in [0.25, 0.3) is 0 Å². The second-order valence-electron chi connectivity index (χ2n) is 4.33. The minimum absolute atomic E-state index is 0.549. The summed E-state index contributed by atoms with van der Waals surface area (Å²) in [5, 5.41) is 7.60. The fourth-order valence-corrected chi connectivity index (χ4v) is 2.05. The highest BCUT2D eigenvalue weighted by Crippen LogP contribution is 2.23. The molecule has 0 radical (unpaired) electrons. The number of nitrogens with two attached hydrogens (primary N) is 2. The van der Waals surface area contributed by atoms with E-state index in [1.165, 1.54) is 0 Å². The summed E-state index contributed by atoms with van der Waals surface area (Å²) in [6.45, 7) is 5.48. The van der Waals surface area contributed by atoms with Crippen LogP contribution in [-0.4, -0.2) is 13.1 Å². The highest BCUT2D eigenvalue weighted by molar-refractivity contribution is 6.33. The van der Waals surface area contributed by atoms with Crippen molar-refractivity contribution in [2.45, 2.75) is 13.8 Å². The molecule has 0 bridgehead atoms. The highest BCUT2D eigenvalue weighted by atomic mass is 35.5. The lowest BCUT2D eigenvalue weighted by Crippen LogP contribution is -2.13. The topological polar surface area (TPSA) is 76.1 Å². The number of nitrogen functional groups attached to an aromatic ring is 2. The van der Waals surface area contributed by atoms with Gasteiger partial charge in [-0.05, 0) is 36.4 Å². The van der Waals surface area contributed by atoms with Crippen LogP contribution in [0.1, 0.15) is 13.8 Å². The van der Waals surface area contributed by atoms with Crippen molar-refractivity contribution in [2.24, 2.45) is 0 Å². The molecule has 0 fully saturated rings. The van der Waals surface area contributed by atoms with E-state index in [0.717, 1.165) is 24.5 Å². The third-order valence-electron chi connectivity index (χ3n) is 2.78. The van der Waals surface area contributed by atoms with Gasteiger partial charge in [-0.2, -0.15) is 0 Å². The molecule has 22 heavy (non-hydrogen) atoms. The molecule has 2 aromatic carbocycles. The van der Waals surface area contributed by atoms with Crippen LogP contribution in [0, 0.1) is 0 Å². The molecule has 6 N–H and O–H groups in total. The van der Waals surface area contributed by atoms with Crippen molar-refractivity contribution in [3.8, 4) is 0 Å². The largest absolute Gasteiger partial charge is 0.398 e. The molecule has 0 unspecified atom stereocenters. The van der Waals surface area contributed by atoms with E-state index in [-0.39, 0.29) is 0 Å². The fourth-order valence-electron chi connectivity index (χ4n) is 1.69. The Morgan fingerprint density at radius 3 is 1.45 bits per heavy atom. The van der Waals surface area contributed by atoms with Crippen LogP contribution in [0.5, 0.6) is 0 Å². The quantitative estimate of drug-likeness (QED) is 0.469. The summed E-state index contributed by atoms with van der Waals surface area (Å²) in [6.07, 6.45) is 0. The smallest absolute Gasteiger partial charge is 0.0655 e. The Balaban J connectivity index is 0.00000116. The van der Waals surface area contributed by atoms with Gasteiger partial charge in [0.25, 0.3) is 0 Å². The second-order valence-corrected chi connectivity index (χ2v) is 5.14. The van der Waals surface area contributed by atoms with E-state index in [2.05, 4.69) is 10.6 Å². The van der Waals surface area contributed by atoms with Crippen molar-refractivity contribution < 1.29 is 0 Å². The van der Waals surface area contributed by atoms with Gasteiger partial charge in [-0.25, -0.2) is 0 Å². The first-order chi connectivity index (χ1) is 10.6. The van der Waals surface area contributed by atoms with E-state index >= 15 is 0 Å². The van der Waals surface area contributed by atoms with Crippen molar-refractivity contribution in [1.82, 2.24) is 0 Å². The average Bonchev–Trinajstić information content (AvgIpc) is 2.52. The van der Waals surface area contributed by atoms with Crippen LogP contribution in [0.2, 0.25) is 10.0 Å². The van der Waals surface area contributed by atoms with Gasteiger partial charge >= 0.3 is 0 Å². The van der Waals surface area contributed by atoms with E-state index in [1.54, 1.807) is 24.3 Å². The van der Waals surface area contributed by atoms with Crippen LogP contribution in [-0.2, 0) is 0 Å². The molecule has 0 aromatic heterocycles. The predicted molar refractivity (Wildman–Crippen MR) is 100 cm³/mol. The maximum absolute atomic E-state index is 5.95. The first-order valence-electron chi connectivity index (χ1n) is 7.14. The predicted octanol–water partition coefficient (Wildman–Crippen LogP) is 4.71. The summed E-state index contributed by atoms with van der Waals surface area (Å²) in [6, 6.07) is 10.9. The molecule has 6 heteroatoms. The molecule has 120 valence electrons. The van der Waals surface area contributed by atoms with Gasteiger partial charge in [-0.1, -0.05) is 37.0 Å². The minimum Gasteiger partial charge on any atom is -0.398 e. The van der Waals surface area contributed by atoms with Gasteiger partial charge in [0.05, 0.1) is 21.4 Å². The lowest BCUT2D eigenvalue weighted by molar-refractivity contribution is 1.08. The van der Waals surface area contributed by atoms with Crippen molar-refractivity contribution in [1.29, 1.82) is 0 Å². The standard InChI is InChI=1S/C14H16Cl2N4.C2H6/c15-11-7-9(1-3-13(11)17)19-5-6-20-10-2-4-14(18)12(16)8-10;1-2/h1-4,7-8,19-20H,5-6,17-18H2;1-2H3. The Bertz CT molecular complexity index is 549. The molecule has 2 rings (SSSR count). The monoisotopic (exact) mass is 340 g/mol. The third kappa shape index (κ3) is 5.54. The maximum atomic E-state index is 5.95. The Morgan fingerprint density at radius 2 is 1.14 bits per heavy atom. The molecule has 0 saturated heterocycles. The van der Waals surface area contributed by atoms with Crippen LogP contribution >= 0.6 is 23.2 Å². The number of hydrogen-bond donors (Lipinski definition) is 4. The summed E-state index contributed by atoms with van der Waals surface area (Å²) in [5.41, 5.74) is 14.3. The molecule has 0 aliphatic carbocycles. The van der Waals surface area contributed by atoms with Gasteiger partial charge in [0.1, 0.15) is 0 Å². The number of anilines is 4. The number of rotatable bonds is 5. The Labute approximate surface area is 141 Å². The molecule has 2 aromatic rings. The SMILES string of the molecule is CC.Nc1ccc(NCCNc2ccc(N)c(Cl)c2)cc1Cl. The molecular weight excluding hydrogens is 319 g/mol. The zero-order chi connectivity index (χ0) is 16.5. The van der Waals surface area contributed by atoms with Gasteiger partial charge in [0, 0.05) is 24.5 Å². The molecule has 0 spiro atoms. The van der Waals surface area contributed by atoms with Crippen molar-refractivity contribution in [3.63, 3.8) is 0 Å². The van der Waals surface area contributed by atoms with Gasteiger partial charge < -0.3 is 22.1 Å². The van der Waals surface area contributed by atoms with E-state index in [4.69, 9.17) is 34.7 Å². The molecule has 0 saturated carbocycles. The van der Waals surface area contributed by atoms with Crippen LogP contribution in [0.3, 0.4) is 0 Å². The number of halogens is 2. The van der Waals surface area contributed by atoms with E-state index in [0.29, 0.717) is 21.4 Å². The summed E-state index contributed by atoms with van der Waals surface area (Å²) >= 11 is 11.9. The molecule has 0 atom stereocenters. The van der Waals surface area contributed by atoms with E-state index < -0.39 is 0 Å². The summed E-state index contributed by atoms with van der Waals surface area (Å²) < 4.78 is 0. The number of nitrogens with one attached hydrogen (secondary N) is 2. The highest BCUT2D eigenvalue weighted by Gasteiger charge is 1.99. The van der Waals surface area contributed by atoms with Crippen LogP contribution in [0.4, 0.5) is 22.7 Å². The normalized spacial score (nSPS) is 9.64. The van der Waals surface area contributed by atoms with Crippen molar-refractivity contribution >= 4 is 46.0 Å². The van der Waals surface area contributed by atoms with E-state index in [9.17, 15) is 0 Å². The maximum Gasteiger partial charge on any atom is 0.0655 e. The second kappa shape index (κ2) is 9.28. The zero-order valence-corrected chi connectivity index (χ0v) is 14.3. The van der Waals surface area contributed by atoms with Crippen LogP contribution < -0.4 is 22.1 Å². The average molecular weight is 341 g/mol. The minimum atomic E-state index is 0.549. The van der Waals surface area contributed by atoms with Crippen LogP contribution in [0.15, 0.2) is 36.4 Å². The van der Waals surface area contributed by atoms with Gasteiger partial charge in [0.2, 0.25) is 0 Å². The molecular formula is C16H22Cl2N4. The molecule has 0 amide bonds. The van der Waals surface area contributed by atoms with Crippen molar-refractivity contribution in [2.75, 3.05) is 35.2 Å². The van der Waals surface area contributed by atoms with Gasteiger partial charge in [0.15, 0.2) is 0 Å². The molecule has 0 aliphatic heterocycles. The first kappa shape index (κ1) is 18.3. The third-order valence-corrected chi connectivity index (χ3v) is 3.44. The first-order valence-corrected chi connectivity index (χ1v) is 7.89. The summed E-state index contributed by atoms with van der Waals surface area (Å²) in [7, 11) is 0. The number of benzene rings is 2. The Morgan fingerprint density at radius 1 is 0.773 bits per heavy atom. The molecule has 0 aliphatic rings. The summed E-state index contributed by atoms with van der Waals surface area (Å²) in [4.78, 5) is 0. The molecule has 0 heterocycles. The van der Waals surface area contributed by atoms with Gasteiger partial charge in [-0.3, -0.25) is 0 Å². The number of hydrogen-bond acceptors (Lipinski definition) is 4. The lowest BCUT2D eigenvalue weighted by atomic mass is 10.2. The van der Waals surface area contributed by atoms with E-state index in [1.807, 2.05) is 26.0 Å². The lowest BCUT2D eigenvalue weighted by Gasteiger charge is -2.10. The van der Waals surface area contributed by atoms with Gasteiger partial charge in [-0.15, -0.1) is 0 Å². The summed E-state index contributed by atoms with van der Waals surface area (Å²) in [5.74, 6) is 0. The zero-order valence-electron chi connectivity index (χ0n) is 12.8. The van der Waals surface area contributed by atoms with Crippen molar-refractivity contribution in [3.05, 3.63) is 46.4 Å². The fraction of sp³-hybridized carbons (Fsp3) is 0.250.